The Kier molecular flexibility index (Phi) is 5.65. The number of hydrogen-bond acceptors (Lipinski definition) is 5. The van der Waals surface area contributed by atoms with Gasteiger partial charge in [-0.05, 0) is 38.1 Å². The fourth-order valence-corrected chi connectivity index (χ4v) is 1.48. The highest BCUT2D eigenvalue weighted by Crippen LogP contribution is 2.13. The molecule has 0 N–H and O–H groups in total. The molecule has 5 heteroatoms. The number of methoxy groups -OCH3 is 1. The monoisotopic (exact) mass is 276 g/mol. The van der Waals surface area contributed by atoms with Crippen LogP contribution in [0.2, 0.25) is 0 Å². The largest absolute Gasteiger partial charge is 0.497 e. The van der Waals surface area contributed by atoms with Crippen LogP contribution in [-0.4, -0.2) is 31.3 Å². The number of hydrogen-bond donors (Lipinski definition) is 0. The lowest BCUT2D eigenvalue weighted by Gasteiger charge is -2.04. The van der Waals surface area contributed by atoms with Gasteiger partial charge in [0.1, 0.15) is 11.3 Å². The van der Waals surface area contributed by atoms with E-state index in [-0.39, 0.29) is 12.2 Å². The maximum Gasteiger partial charge on any atom is 0.341 e. The predicted octanol–water partition coefficient (Wildman–Crippen LogP) is 1.96. The van der Waals surface area contributed by atoms with Crippen molar-refractivity contribution in [2.45, 2.75) is 13.8 Å². The van der Waals surface area contributed by atoms with Crippen LogP contribution < -0.4 is 4.74 Å². The number of carbonyl (C=O) groups excluding carboxylic acids is 3. The first-order chi connectivity index (χ1) is 9.49. The number of Topliss-reactive ketones (excluding diaryl/α,β-unsaturated/α-hetero) is 1. The Balaban J connectivity index is 3.00. The minimum absolute atomic E-state index is 0.139. The van der Waals surface area contributed by atoms with Crippen LogP contribution in [0.4, 0.5) is 0 Å². The molecule has 1 aromatic carbocycles. The molecule has 5 nitrogen and oxygen atoms in total. The molecule has 0 aliphatic heterocycles. The third kappa shape index (κ3) is 4.05. The SMILES string of the molecule is CCOC(=O)/C(=C/C(=O)c1ccc(OC)cc1)C(C)=O. The van der Waals surface area contributed by atoms with Crippen LogP contribution >= 0.6 is 0 Å². The molecule has 0 atom stereocenters. The maximum atomic E-state index is 12.0. The molecule has 0 spiro atoms. The van der Waals surface area contributed by atoms with Crippen LogP contribution in [0.25, 0.3) is 0 Å². The van der Waals surface area contributed by atoms with E-state index in [1.165, 1.54) is 14.0 Å². The van der Waals surface area contributed by atoms with E-state index in [4.69, 9.17) is 9.47 Å². The van der Waals surface area contributed by atoms with Crippen molar-refractivity contribution in [3.63, 3.8) is 0 Å². The van der Waals surface area contributed by atoms with Gasteiger partial charge in [-0.3, -0.25) is 9.59 Å². The second-order valence-electron chi connectivity index (χ2n) is 3.93. The molecule has 0 bridgehead atoms. The van der Waals surface area contributed by atoms with Crippen LogP contribution in [0.15, 0.2) is 35.9 Å². The molecule has 0 saturated heterocycles. The molecular formula is C15H16O5. The molecule has 0 saturated carbocycles. The van der Waals surface area contributed by atoms with Crippen molar-refractivity contribution in [1.29, 1.82) is 0 Å². The number of benzene rings is 1. The van der Waals surface area contributed by atoms with Gasteiger partial charge in [-0.1, -0.05) is 0 Å². The summed E-state index contributed by atoms with van der Waals surface area (Å²) in [5.41, 5.74) is 0.0986. The molecule has 0 aliphatic carbocycles. The van der Waals surface area contributed by atoms with E-state index >= 15 is 0 Å². The summed E-state index contributed by atoms with van der Waals surface area (Å²) in [5.74, 6) is -1.12. The number of rotatable bonds is 6. The quantitative estimate of drug-likeness (QED) is 0.261. The van der Waals surface area contributed by atoms with Gasteiger partial charge in [0.25, 0.3) is 0 Å². The Labute approximate surface area is 117 Å². The van der Waals surface area contributed by atoms with E-state index in [1.807, 2.05) is 0 Å². The van der Waals surface area contributed by atoms with E-state index in [0.29, 0.717) is 11.3 Å². The summed E-state index contributed by atoms with van der Waals surface area (Å²) in [7, 11) is 1.52. The summed E-state index contributed by atoms with van der Waals surface area (Å²) in [6, 6.07) is 6.36. The summed E-state index contributed by atoms with van der Waals surface area (Å²) >= 11 is 0. The first kappa shape index (κ1) is 15.6. The average Bonchev–Trinajstić information content (AvgIpc) is 2.44. The lowest BCUT2D eigenvalue weighted by Crippen LogP contribution is -2.15. The van der Waals surface area contributed by atoms with Crippen molar-refractivity contribution >= 4 is 17.5 Å². The molecule has 0 aliphatic rings. The van der Waals surface area contributed by atoms with Crippen molar-refractivity contribution < 1.29 is 23.9 Å². The Morgan fingerprint density at radius 1 is 1.15 bits per heavy atom. The summed E-state index contributed by atoms with van der Waals surface area (Å²) in [6.45, 7) is 2.98. The minimum Gasteiger partial charge on any atom is -0.497 e. The van der Waals surface area contributed by atoms with Gasteiger partial charge in [-0.25, -0.2) is 4.79 Å². The van der Waals surface area contributed by atoms with Crippen molar-refractivity contribution in [1.82, 2.24) is 0 Å². The number of allylic oxidation sites excluding steroid dienone is 1. The molecule has 1 rings (SSSR count). The molecule has 0 fully saturated rings. The molecule has 1 aromatic rings. The van der Waals surface area contributed by atoms with Gasteiger partial charge in [-0.15, -0.1) is 0 Å². The minimum atomic E-state index is -0.790. The van der Waals surface area contributed by atoms with E-state index in [9.17, 15) is 14.4 Å². The molecule has 20 heavy (non-hydrogen) atoms. The summed E-state index contributed by atoms with van der Waals surface area (Å²) < 4.78 is 9.72. The Bertz CT molecular complexity index is 540. The zero-order chi connectivity index (χ0) is 15.1. The van der Waals surface area contributed by atoms with Gasteiger partial charge < -0.3 is 9.47 Å². The van der Waals surface area contributed by atoms with Crippen LogP contribution in [0.3, 0.4) is 0 Å². The highest BCUT2D eigenvalue weighted by Gasteiger charge is 2.17. The maximum absolute atomic E-state index is 12.0. The lowest BCUT2D eigenvalue weighted by molar-refractivity contribution is -0.139. The van der Waals surface area contributed by atoms with Crippen LogP contribution in [0, 0.1) is 0 Å². The average molecular weight is 276 g/mol. The van der Waals surface area contributed by atoms with E-state index in [1.54, 1.807) is 31.2 Å². The summed E-state index contributed by atoms with van der Waals surface area (Å²) in [5, 5.41) is 0. The zero-order valence-electron chi connectivity index (χ0n) is 11.6. The number of ketones is 2. The van der Waals surface area contributed by atoms with E-state index in [2.05, 4.69) is 0 Å². The second kappa shape index (κ2) is 7.23. The highest BCUT2D eigenvalue weighted by molar-refractivity contribution is 6.21. The standard InChI is InChI=1S/C15H16O5/c1-4-20-15(18)13(10(2)16)9-14(17)11-5-7-12(19-3)8-6-11/h5-9H,4H2,1-3H3/b13-9+. The number of esters is 1. The van der Waals surface area contributed by atoms with Gasteiger partial charge in [-0.2, -0.15) is 0 Å². The molecule has 106 valence electrons. The third-order valence-corrected chi connectivity index (χ3v) is 2.52. The fourth-order valence-electron chi connectivity index (χ4n) is 1.48. The van der Waals surface area contributed by atoms with Crippen LogP contribution in [0.5, 0.6) is 5.75 Å². The first-order valence-electron chi connectivity index (χ1n) is 6.07. The van der Waals surface area contributed by atoms with Crippen molar-refractivity contribution in [3.05, 3.63) is 41.5 Å². The normalized spacial score (nSPS) is 10.8. The predicted molar refractivity (Wildman–Crippen MR) is 72.7 cm³/mol. The second-order valence-corrected chi connectivity index (χ2v) is 3.93. The Morgan fingerprint density at radius 2 is 1.75 bits per heavy atom. The first-order valence-corrected chi connectivity index (χ1v) is 6.07. The van der Waals surface area contributed by atoms with Gasteiger partial charge in [0, 0.05) is 11.6 Å². The van der Waals surface area contributed by atoms with E-state index in [0.717, 1.165) is 6.08 Å². The fraction of sp³-hybridized carbons (Fsp3) is 0.267. The molecule has 0 unspecified atom stereocenters. The van der Waals surface area contributed by atoms with Gasteiger partial charge in [0.2, 0.25) is 0 Å². The summed E-state index contributed by atoms with van der Waals surface area (Å²) in [6.07, 6.45) is 1.00. The Morgan fingerprint density at radius 3 is 2.20 bits per heavy atom. The molecule has 0 heterocycles. The van der Waals surface area contributed by atoms with Crippen LogP contribution in [-0.2, 0) is 14.3 Å². The van der Waals surface area contributed by atoms with Gasteiger partial charge >= 0.3 is 5.97 Å². The van der Waals surface area contributed by atoms with Crippen molar-refractivity contribution in [2.75, 3.05) is 13.7 Å². The Hall–Kier alpha value is -2.43. The molecule has 0 radical (unpaired) electrons. The molecular weight excluding hydrogens is 260 g/mol. The van der Waals surface area contributed by atoms with Gasteiger partial charge in [0.15, 0.2) is 11.6 Å². The van der Waals surface area contributed by atoms with E-state index < -0.39 is 17.5 Å². The zero-order valence-corrected chi connectivity index (χ0v) is 11.6. The van der Waals surface area contributed by atoms with Crippen molar-refractivity contribution in [2.24, 2.45) is 0 Å². The highest BCUT2D eigenvalue weighted by atomic mass is 16.5. The summed E-state index contributed by atoms with van der Waals surface area (Å²) in [4.78, 5) is 34.9. The van der Waals surface area contributed by atoms with Crippen molar-refractivity contribution in [3.8, 4) is 5.75 Å². The lowest BCUT2D eigenvalue weighted by atomic mass is 10.1. The number of ether oxygens (including phenoxy) is 2. The molecule has 0 aromatic heterocycles. The third-order valence-electron chi connectivity index (χ3n) is 2.52. The topological polar surface area (TPSA) is 69.7 Å². The van der Waals surface area contributed by atoms with Gasteiger partial charge in [0.05, 0.1) is 13.7 Å². The smallest absolute Gasteiger partial charge is 0.341 e. The van der Waals surface area contributed by atoms with Crippen LogP contribution in [0.1, 0.15) is 24.2 Å². The number of carbonyl (C=O) groups is 3. The molecule has 0 amide bonds.